The quantitative estimate of drug-likeness (QED) is 0.0370. The summed E-state index contributed by atoms with van der Waals surface area (Å²) in [4.78, 5) is 1.76. The third-order valence-corrected chi connectivity index (χ3v) is 14.9. The van der Waals surface area contributed by atoms with Gasteiger partial charge in [-0.3, -0.25) is 0 Å². The Labute approximate surface area is 403 Å². The maximum Gasteiger partial charge on any atom is 0.200 e. The van der Waals surface area contributed by atoms with Crippen molar-refractivity contribution in [2.45, 2.75) is 15.5 Å². The van der Waals surface area contributed by atoms with Crippen molar-refractivity contribution in [3.05, 3.63) is 237 Å². The van der Waals surface area contributed by atoms with Gasteiger partial charge in [0.25, 0.3) is 0 Å². The van der Waals surface area contributed by atoms with E-state index >= 15 is 35.1 Å². The van der Waals surface area contributed by atoms with E-state index < -0.39 is 154 Å². The Kier molecular flexibility index (Phi) is 14.0. The topological polar surface area (TPSA) is 17.1 Å². The first-order valence-electron chi connectivity index (χ1n) is 20.7. The third-order valence-electron chi connectivity index (χ3n) is 12.2. The van der Waals surface area contributed by atoms with Crippen molar-refractivity contribution in [1.29, 1.82) is 0 Å². The van der Waals surface area contributed by atoms with Crippen LogP contribution in [0.4, 0.5) is 87.8 Å². The molecular weight excluding hydrogens is 1050 g/mol. The van der Waals surface area contributed by atoms with Crippen molar-refractivity contribution >= 4 is 59.5 Å². The van der Waals surface area contributed by atoms with E-state index in [9.17, 15) is 56.9 Å². The van der Waals surface area contributed by atoms with Gasteiger partial charge in [-0.05, 0) is 51.9 Å². The number of hydrogen-bond acceptors (Lipinski definition) is 1. The lowest BCUT2D eigenvalue weighted by Crippen LogP contribution is -2.81. The summed E-state index contributed by atoms with van der Waals surface area (Å²) >= 11 is 0. The summed E-state index contributed by atoms with van der Waals surface area (Å²) in [7, 11) is -2.48. The fourth-order valence-corrected chi connectivity index (χ4v) is 11.4. The fourth-order valence-electron chi connectivity index (χ4n) is 8.92. The van der Waals surface area contributed by atoms with Crippen LogP contribution in [-0.2, 0) is 19.9 Å². The maximum atomic E-state index is 15.4. The molecule has 9 aromatic carbocycles. The predicted molar refractivity (Wildman–Crippen MR) is 232 cm³/mol. The Hall–Kier alpha value is -7.69. The van der Waals surface area contributed by atoms with Crippen LogP contribution in [-0.4, -0.2) is 6.15 Å². The zero-order valence-electron chi connectivity index (χ0n) is 36.1. The Morgan fingerprint density at radius 2 is 0.500 bits per heavy atom. The monoisotopic (exact) mass is 1070 g/mol. The summed E-state index contributed by atoms with van der Waals surface area (Å²) in [6.07, 6.45) is -7.22. The highest BCUT2D eigenvalue weighted by Crippen LogP contribution is 2.38. The van der Waals surface area contributed by atoms with E-state index in [1.54, 1.807) is 0 Å². The lowest BCUT2D eigenvalue weighted by Gasteiger charge is -2.44. The van der Waals surface area contributed by atoms with Crippen molar-refractivity contribution in [1.82, 2.24) is 0 Å². The van der Waals surface area contributed by atoms with Gasteiger partial charge < -0.3 is 0 Å². The lowest BCUT2D eigenvalue weighted by atomic mass is 9.12. The first kappa shape index (κ1) is 52.6. The molecule has 0 amide bonds. The number of fused-ring (bicyclic) bond motifs is 2. The summed E-state index contributed by atoms with van der Waals surface area (Å²) in [6.45, 7) is 0. The maximum absolute atomic E-state index is 15.4. The van der Waals surface area contributed by atoms with Crippen molar-refractivity contribution < 1.29 is 92.0 Å². The van der Waals surface area contributed by atoms with E-state index in [1.807, 2.05) is 60.7 Å². The summed E-state index contributed by atoms with van der Waals surface area (Å²) in [5.74, 6) is -70.9. The molecule has 9 rings (SSSR count). The summed E-state index contributed by atoms with van der Waals surface area (Å²) in [6, 6.07) is 38.8. The standard InChI is InChI=1S/C27H21OS.C24BF20/c28-29(23-13-3-1-4-14-23,24-15-5-2-6-16-24)20-27-25-17-9-7-11-21(25)19-22-12-8-10-18-26(22)27;26-5-1(6(27)14(35)21(42)13(5)34)25(2-7(28)15(36)22(43)16(37)8(2)29,3-9(30)17(38)23(44)18(39)10(3)31)4-11(32)19(40)24(45)20(41)12(4)33/h1-19H,20H2;/q+1;-1. The second-order valence-electron chi connectivity index (χ2n) is 16.0. The minimum absolute atomic E-state index is 0.475. The van der Waals surface area contributed by atoms with E-state index in [1.165, 1.54) is 21.5 Å². The number of hydrogen-bond donors (Lipinski definition) is 0. The first-order chi connectivity index (χ1) is 35.0. The fraction of sp³-hybridized carbons (Fsp3) is 0.0196. The third kappa shape index (κ3) is 8.02. The van der Waals surface area contributed by atoms with E-state index in [2.05, 4.69) is 54.6 Å². The Morgan fingerprint density at radius 1 is 0.284 bits per heavy atom. The van der Waals surface area contributed by atoms with Gasteiger partial charge in [-0.2, -0.15) is 0 Å². The van der Waals surface area contributed by atoms with Crippen LogP contribution in [0.3, 0.4) is 0 Å². The van der Waals surface area contributed by atoms with E-state index in [-0.39, 0.29) is 0 Å². The van der Waals surface area contributed by atoms with Gasteiger partial charge in [0.2, 0.25) is 0 Å². The van der Waals surface area contributed by atoms with E-state index in [0.29, 0.717) is 5.75 Å². The molecule has 0 heterocycles. The lowest BCUT2D eigenvalue weighted by molar-refractivity contribution is 0.378. The van der Waals surface area contributed by atoms with E-state index in [4.69, 9.17) is 0 Å². The van der Waals surface area contributed by atoms with Gasteiger partial charge in [0.05, 0.1) is 0 Å². The van der Waals surface area contributed by atoms with Gasteiger partial charge in [-0.15, -0.1) is 21.9 Å². The molecule has 380 valence electrons. The molecule has 0 saturated heterocycles. The molecular formula is C51H21BF20OS. The number of halogens is 20. The smallest absolute Gasteiger partial charge is 0.200 e. The molecule has 0 saturated carbocycles. The number of rotatable bonds is 8. The summed E-state index contributed by atoms with van der Waals surface area (Å²) < 4.78 is 309. The normalized spacial score (nSPS) is 11.9. The van der Waals surface area contributed by atoms with Crippen LogP contribution in [0.25, 0.3) is 21.5 Å². The van der Waals surface area contributed by atoms with Gasteiger partial charge in [-0.1, -0.05) is 89.1 Å². The second-order valence-corrected chi connectivity index (χ2v) is 18.6. The predicted octanol–water partition coefficient (Wildman–Crippen LogP) is 13.0. The van der Waals surface area contributed by atoms with Gasteiger partial charge in [-0.25, -0.2) is 87.8 Å². The van der Waals surface area contributed by atoms with Crippen molar-refractivity contribution in [2.24, 2.45) is 0 Å². The molecule has 0 aliphatic carbocycles. The van der Waals surface area contributed by atoms with Crippen LogP contribution in [0.2, 0.25) is 0 Å². The van der Waals surface area contributed by atoms with Crippen LogP contribution in [0.5, 0.6) is 0 Å². The Morgan fingerprint density at radius 3 is 0.757 bits per heavy atom. The highest BCUT2D eigenvalue weighted by atomic mass is 32.2. The molecule has 0 N–H and O–H groups in total. The van der Waals surface area contributed by atoms with Crippen LogP contribution in [0.1, 0.15) is 5.56 Å². The van der Waals surface area contributed by atoms with Gasteiger partial charge in [0, 0.05) is 5.56 Å². The number of benzene rings is 9. The molecule has 74 heavy (non-hydrogen) atoms. The molecule has 0 aliphatic heterocycles. The van der Waals surface area contributed by atoms with Crippen molar-refractivity contribution in [3.8, 4) is 0 Å². The van der Waals surface area contributed by atoms with Crippen LogP contribution in [0.15, 0.2) is 125 Å². The van der Waals surface area contributed by atoms with E-state index in [0.717, 1.165) is 15.4 Å². The van der Waals surface area contributed by atoms with Gasteiger partial charge in [0.15, 0.2) is 89.5 Å². The van der Waals surface area contributed by atoms with Crippen molar-refractivity contribution in [2.75, 3.05) is 0 Å². The van der Waals surface area contributed by atoms with Gasteiger partial charge in [0.1, 0.15) is 58.4 Å². The highest BCUT2D eigenvalue weighted by molar-refractivity contribution is 8.02. The highest BCUT2D eigenvalue weighted by Gasteiger charge is 2.52. The molecule has 0 radical (unpaired) electrons. The molecule has 23 heteroatoms. The minimum Gasteiger partial charge on any atom is -0.207 e. The van der Waals surface area contributed by atoms with Crippen LogP contribution >= 0.6 is 0 Å². The Bertz CT molecular complexity index is 3320. The second kappa shape index (κ2) is 19.6. The minimum atomic E-state index is -7.22. The molecule has 0 aromatic heterocycles. The average molecular weight is 1070 g/mol. The molecule has 0 atom stereocenters. The van der Waals surface area contributed by atoms with Crippen molar-refractivity contribution in [3.63, 3.8) is 0 Å². The molecule has 0 fully saturated rings. The molecule has 0 aliphatic rings. The molecule has 1 nitrogen and oxygen atoms in total. The molecule has 0 unspecified atom stereocenters. The van der Waals surface area contributed by atoms with Crippen LogP contribution < -0.4 is 21.9 Å². The van der Waals surface area contributed by atoms with Gasteiger partial charge >= 0.3 is 0 Å². The van der Waals surface area contributed by atoms with Crippen LogP contribution in [0, 0.1) is 116 Å². The zero-order chi connectivity index (χ0) is 54.0. The first-order valence-corrected chi connectivity index (χ1v) is 22.4. The summed E-state index contributed by atoms with van der Waals surface area (Å²) in [5, 5.41) is 4.71. The molecule has 0 bridgehead atoms. The largest absolute Gasteiger partial charge is 0.207 e. The average Bonchev–Trinajstić information content (AvgIpc) is 3.41. The SMILES string of the molecule is Fc1c(F)c(F)c([B-](c2c(F)c(F)c(F)c(F)c2F)(c2c(F)c(F)c(F)c(F)c2F)c2c(F)c(F)c(F)c(F)c2F)c(F)c1F.O=[S+](Cc1c2ccccc2cc2ccccc12)(c1ccccc1)c1ccccc1. The molecule has 9 aromatic rings. The molecule has 0 spiro atoms. The Balaban J connectivity index is 0.000000215. The zero-order valence-corrected chi connectivity index (χ0v) is 36.9. The summed E-state index contributed by atoms with van der Waals surface area (Å²) in [5.41, 5.74) is -13.2.